The summed E-state index contributed by atoms with van der Waals surface area (Å²) in [4.78, 5) is 72.9. The van der Waals surface area contributed by atoms with Gasteiger partial charge in [-0.05, 0) is 38.4 Å². The van der Waals surface area contributed by atoms with Gasteiger partial charge in [-0.2, -0.15) is 0 Å². The van der Waals surface area contributed by atoms with Gasteiger partial charge in [-0.25, -0.2) is 14.6 Å². The fourth-order valence-electron chi connectivity index (χ4n) is 4.49. The van der Waals surface area contributed by atoms with Gasteiger partial charge >= 0.3 is 17.9 Å². The standard InChI is InChI=1S/C22H26N6O9S2/c1-9-10(7-27-4-2-3-5-27)16(21(35)36)28-18(32)15(19(28)39-9)25-17(31)14(11-8-38-22(23)24-11)26-37-12(20(33)34)6-13(29)30/h8-9,12,15,19H,2-7H2,1H3,(H2,23,24)(H,25,31)(H,29,30)(H,33,34)(H,35,36)/b26-14-/t9-,12-,15?,19+/m0/s1. The molecule has 0 radical (unpaired) electrons. The Balaban J connectivity index is 1.55. The summed E-state index contributed by atoms with van der Waals surface area (Å²) in [5, 5.41) is 34.6. The Labute approximate surface area is 229 Å². The lowest BCUT2D eigenvalue weighted by Crippen LogP contribution is -2.71. The van der Waals surface area contributed by atoms with Crippen LogP contribution in [-0.4, -0.2) is 108 Å². The number of hydrogen-bond acceptors (Lipinski definition) is 12. The van der Waals surface area contributed by atoms with Gasteiger partial charge in [0.1, 0.15) is 22.8 Å². The molecular formula is C22H26N6O9S2. The number of amides is 2. The molecule has 3 aliphatic heterocycles. The van der Waals surface area contributed by atoms with Crippen LogP contribution in [0.5, 0.6) is 0 Å². The Kier molecular flexibility index (Phi) is 8.41. The Bertz CT molecular complexity index is 1260. The number of likely N-dealkylation sites (tertiary alicyclic amines) is 1. The minimum Gasteiger partial charge on any atom is -0.481 e. The van der Waals surface area contributed by atoms with Gasteiger partial charge in [0.15, 0.2) is 10.8 Å². The molecule has 4 atom stereocenters. The molecule has 1 unspecified atom stereocenters. The van der Waals surface area contributed by atoms with Gasteiger partial charge < -0.3 is 31.2 Å². The molecule has 2 fully saturated rings. The van der Waals surface area contributed by atoms with Crippen molar-refractivity contribution in [2.24, 2.45) is 5.16 Å². The number of thioether (sulfide) groups is 1. The molecule has 39 heavy (non-hydrogen) atoms. The number of carbonyl (C=O) groups is 5. The smallest absolute Gasteiger partial charge is 0.352 e. The molecule has 3 aliphatic rings. The second-order valence-electron chi connectivity index (χ2n) is 9.03. The number of aromatic nitrogens is 1. The van der Waals surface area contributed by atoms with Crippen LogP contribution in [0.3, 0.4) is 0 Å². The molecule has 4 rings (SSSR count). The first kappa shape index (κ1) is 28.3. The van der Waals surface area contributed by atoms with Gasteiger partial charge in [0.2, 0.25) is 6.10 Å². The molecule has 0 aliphatic carbocycles. The molecule has 6 N–H and O–H groups in total. The average molecular weight is 583 g/mol. The SMILES string of the molecule is C[C@@H]1S[C@@H]2C(NC(=O)/C(=N\O[C@@H](CC(=O)O)C(=O)O)c3csc(N)n3)C(=O)N2C(C(=O)O)=C1CN1CCCC1. The molecule has 1 aromatic heterocycles. The highest BCUT2D eigenvalue weighted by atomic mass is 32.2. The van der Waals surface area contributed by atoms with Gasteiger partial charge in [0.25, 0.3) is 11.8 Å². The van der Waals surface area contributed by atoms with Gasteiger partial charge in [-0.3, -0.25) is 24.2 Å². The summed E-state index contributed by atoms with van der Waals surface area (Å²) in [7, 11) is 0. The van der Waals surface area contributed by atoms with Crippen LogP contribution >= 0.6 is 23.1 Å². The fourth-order valence-corrected chi connectivity index (χ4v) is 6.48. The number of anilines is 1. The zero-order valence-corrected chi connectivity index (χ0v) is 22.2. The summed E-state index contributed by atoms with van der Waals surface area (Å²) in [5.74, 6) is -5.90. The minimum absolute atomic E-state index is 0.0650. The van der Waals surface area contributed by atoms with E-state index in [9.17, 15) is 34.2 Å². The maximum atomic E-state index is 13.2. The number of carboxylic acid groups (broad SMARTS) is 3. The second kappa shape index (κ2) is 11.6. The topological polar surface area (TPSA) is 225 Å². The monoisotopic (exact) mass is 582 g/mol. The normalized spacial score (nSPS) is 24.1. The van der Waals surface area contributed by atoms with Crippen LogP contribution < -0.4 is 11.1 Å². The van der Waals surface area contributed by atoms with E-state index in [0.717, 1.165) is 37.3 Å². The summed E-state index contributed by atoms with van der Waals surface area (Å²) in [6, 6.07) is -1.11. The van der Waals surface area contributed by atoms with E-state index in [2.05, 4.69) is 20.4 Å². The number of rotatable bonds is 11. The van der Waals surface area contributed by atoms with Crippen molar-refractivity contribution < 1.29 is 44.1 Å². The van der Waals surface area contributed by atoms with E-state index in [1.54, 1.807) is 0 Å². The van der Waals surface area contributed by atoms with E-state index in [4.69, 9.17) is 15.7 Å². The highest BCUT2D eigenvalue weighted by molar-refractivity contribution is 8.00. The fraction of sp³-hybridized carbons (Fsp3) is 0.500. The molecule has 210 valence electrons. The Morgan fingerprint density at radius 1 is 1.26 bits per heavy atom. The van der Waals surface area contributed by atoms with E-state index in [1.165, 1.54) is 22.0 Å². The molecule has 0 spiro atoms. The van der Waals surface area contributed by atoms with Crippen LogP contribution in [-0.2, 0) is 28.8 Å². The summed E-state index contributed by atoms with van der Waals surface area (Å²) in [6.45, 7) is 3.99. The Hall–Kier alpha value is -3.70. The first-order valence-electron chi connectivity index (χ1n) is 11.9. The maximum absolute atomic E-state index is 13.2. The van der Waals surface area contributed by atoms with Crippen molar-refractivity contribution >= 4 is 63.7 Å². The van der Waals surface area contributed by atoms with Crippen LogP contribution in [0, 0.1) is 0 Å². The van der Waals surface area contributed by atoms with Crippen LogP contribution in [0.1, 0.15) is 31.9 Å². The van der Waals surface area contributed by atoms with Crippen LogP contribution in [0.4, 0.5) is 5.13 Å². The van der Waals surface area contributed by atoms with Crippen molar-refractivity contribution in [1.29, 1.82) is 0 Å². The van der Waals surface area contributed by atoms with Crippen molar-refractivity contribution in [3.05, 3.63) is 22.3 Å². The van der Waals surface area contributed by atoms with Crippen molar-refractivity contribution in [2.75, 3.05) is 25.4 Å². The number of nitrogen functional groups attached to an aromatic ring is 1. The predicted octanol–water partition coefficient (Wildman–Crippen LogP) is -0.403. The second-order valence-corrected chi connectivity index (χ2v) is 11.4. The van der Waals surface area contributed by atoms with E-state index in [0.29, 0.717) is 12.1 Å². The van der Waals surface area contributed by atoms with E-state index in [1.807, 2.05) is 6.92 Å². The third kappa shape index (κ3) is 5.99. The molecule has 0 aromatic carbocycles. The molecule has 2 amide bonds. The van der Waals surface area contributed by atoms with Gasteiger partial charge in [-0.15, -0.1) is 23.1 Å². The summed E-state index contributed by atoms with van der Waals surface area (Å²) < 4.78 is 0. The van der Waals surface area contributed by atoms with Crippen LogP contribution in [0.25, 0.3) is 0 Å². The number of carboxylic acids is 3. The largest absolute Gasteiger partial charge is 0.481 e. The van der Waals surface area contributed by atoms with Gasteiger partial charge in [0.05, 0.1) is 6.42 Å². The first-order valence-corrected chi connectivity index (χ1v) is 13.7. The lowest BCUT2D eigenvalue weighted by molar-refractivity contribution is -0.156. The minimum atomic E-state index is -1.89. The Morgan fingerprint density at radius 2 is 1.95 bits per heavy atom. The summed E-state index contributed by atoms with van der Waals surface area (Å²) in [6.07, 6.45) is -0.769. The number of oxime groups is 1. The Morgan fingerprint density at radius 3 is 2.51 bits per heavy atom. The lowest BCUT2D eigenvalue weighted by Gasteiger charge is -2.51. The number of aliphatic carboxylic acids is 3. The first-order chi connectivity index (χ1) is 18.5. The molecule has 0 bridgehead atoms. The number of hydrogen-bond donors (Lipinski definition) is 5. The third-order valence-electron chi connectivity index (χ3n) is 6.39. The number of nitrogens with two attached hydrogens (primary N) is 1. The quantitative estimate of drug-likeness (QED) is 0.127. The van der Waals surface area contributed by atoms with Gasteiger partial charge in [0, 0.05) is 17.2 Å². The number of thiazole rings is 1. The highest BCUT2D eigenvalue weighted by Gasteiger charge is 2.56. The van der Waals surface area contributed by atoms with E-state index >= 15 is 0 Å². The zero-order valence-electron chi connectivity index (χ0n) is 20.6. The number of nitrogens with zero attached hydrogens (tertiary/aromatic N) is 4. The molecule has 0 saturated carbocycles. The number of fused-ring (bicyclic) bond motifs is 1. The third-order valence-corrected chi connectivity index (χ3v) is 8.52. The highest BCUT2D eigenvalue weighted by Crippen LogP contribution is 2.44. The number of nitrogens with one attached hydrogen (secondary N) is 1. The molecule has 1 aromatic rings. The van der Waals surface area contributed by atoms with Crippen molar-refractivity contribution in [3.63, 3.8) is 0 Å². The van der Waals surface area contributed by atoms with E-state index < -0.39 is 59.4 Å². The van der Waals surface area contributed by atoms with Crippen molar-refractivity contribution in [2.45, 2.75) is 49.0 Å². The van der Waals surface area contributed by atoms with Gasteiger partial charge in [-0.1, -0.05) is 5.16 Å². The zero-order chi connectivity index (χ0) is 28.4. The summed E-state index contributed by atoms with van der Waals surface area (Å²) in [5.41, 5.74) is 5.59. The molecule has 15 nitrogen and oxygen atoms in total. The van der Waals surface area contributed by atoms with Crippen LogP contribution in [0.15, 0.2) is 21.8 Å². The molecular weight excluding hydrogens is 556 g/mol. The lowest BCUT2D eigenvalue weighted by atomic mass is 10.00. The number of β-lactam (4-membered cyclic amide) rings is 1. The maximum Gasteiger partial charge on any atom is 0.352 e. The predicted molar refractivity (Wildman–Crippen MR) is 138 cm³/mol. The molecule has 2 saturated heterocycles. The summed E-state index contributed by atoms with van der Waals surface area (Å²) >= 11 is 2.30. The van der Waals surface area contributed by atoms with Crippen molar-refractivity contribution in [1.82, 2.24) is 20.1 Å². The van der Waals surface area contributed by atoms with Crippen LogP contribution in [0.2, 0.25) is 0 Å². The average Bonchev–Trinajstić information content (AvgIpc) is 3.54. The number of carbonyl (C=O) groups excluding carboxylic acids is 2. The molecule has 17 heteroatoms. The van der Waals surface area contributed by atoms with E-state index in [-0.39, 0.29) is 21.8 Å². The van der Waals surface area contributed by atoms with Crippen molar-refractivity contribution in [3.8, 4) is 0 Å². The molecule has 4 heterocycles.